The number of benzene rings is 1. The lowest BCUT2D eigenvalue weighted by Crippen LogP contribution is -2.11. The first-order valence-electron chi connectivity index (χ1n) is 4.79. The highest BCUT2D eigenvalue weighted by atomic mass is 32.2. The molecular formula is C12H18S. The zero-order chi connectivity index (χ0) is 9.90. The van der Waals surface area contributed by atoms with E-state index in [0.717, 1.165) is 0 Å². The summed E-state index contributed by atoms with van der Waals surface area (Å²) in [6, 6.07) is 8.76. The Morgan fingerprint density at radius 1 is 1.15 bits per heavy atom. The molecule has 0 fully saturated rings. The molecule has 1 aromatic carbocycles. The van der Waals surface area contributed by atoms with Crippen LogP contribution in [0.3, 0.4) is 0 Å². The number of thioether (sulfide) groups is 1. The molecule has 72 valence electrons. The van der Waals surface area contributed by atoms with Crippen LogP contribution in [-0.4, -0.2) is 4.75 Å². The molecule has 1 aromatic rings. The lowest BCUT2D eigenvalue weighted by molar-refractivity contribution is 0.684. The van der Waals surface area contributed by atoms with Crippen molar-refractivity contribution in [1.29, 1.82) is 0 Å². The molecule has 0 heterocycles. The SMILES string of the molecule is CCC(C)(C)Sc1ccc(C)cc1. The number of aryl methyl sites for hydroxylation is 1. The fourth-order valence-corrected chi connectivity index (χ4v) is 2.05. The summed E-state index contributed by atoms with van der Waals surface area (Å²) in [5.74, 6) is 0. The van der Waals surface area contributed by atoms with Crippen molar-refractivity contribution in [3.8, 4) is 0 Å². The van der Waals surface area contributed by atoms with Crippen molar-refractivity contribution < 1.29 is 0 Å². The highest BCUT2D eigenvalue weighted by molar-refractivity contribution is 8.00. The van der Waals surface area contributed by atoms with Gasteiger partial charge in [0.15, 0.2) is 0 Å². The fraction of sp³-hybridized carbons (Fsp3) is 0.500. The largest absolute Gasteiger partial charge is 0.120 e. The van der Waals surface area contributed by atoms with Gasteiger partial charge in [0.05, 0.1) is 0 Å². The Labute approximate surface area is 85.7 Å². The van der Waals surface area contributed by atoms with Gasteiger partial charge in [-0.15, -0.1) is 11.8 Å². The van der Waals surface area contributed by atoms with Gasteiger partial charge in [-0.1, -0.05) is 38.5 Å². The Morgan fingerprint density at radius 2 is 1.69 bits per heavy atom. The van der Waals surface area contributed by atoms with Crippen molar-refractivity contribution in [3.05, 3.63) is 29.8 Å². The molecule has 0 atom stereocenters. The van der Waals surface area contributed by atoms with E-state index in [9.17, 15) is 0 Å². The van der Waals surface area contributed by atoms with Crippen molar-refractivity contribution in [2.45, 2.75) is 43.8 Å². The van der Waals surface area contributed by atoms with Crippen molar-refractivity contribution in [3.63, 3.8) is 0 Å². The van der Waals surface area contributed by atoms with Gasteiger partial charge in [-0.3, -0.25) is 0 Å². The fourth-order valence-electron chi connectivity index (χ4n) is 0.998. The van der Waals surface area contributed by atoms with E-state index in [1.165, 1.54) is 16.9 Å². The highest BCUT2D eigenvalue weighted by Crippen LogP contribution is 2.34. The molecule has 0 aromatic heterocycles. The van der Waals surface area contributed by atoms with Crippen LogP contribution in [0.4, 0.5) is 0 Å². The number of hydrogen-bond donors (Lipinski definition) is 0. The monoisotopic (exact) mass is 194 g/mol. The molecule has 13 heavy (non-hydrogen) atoms. The lowest BCUT2D eigenvalue weighted by Gasteiger charge is -2.21. The molecule has 0 radical (unpaired) electrons. The van der Waals surface area contributed by atoms with Crippen LogP contribution >= 0.6 is 11.8 Å². The Balaban J connectivity index is 2.69. The van der Waals surface area contributed by atoms with Crippen LogP contribution < -0.4 is 0 Å². The van der Waals surface area contributed by atoms with Crippen LogP contribution in [0.2, 0.25) is 0 Å². The third-order valence-electron chi connectivity index (χ3n) is 2.27. The minimum absolute atomic E-state index is 0.356. The standard InChI is InChI=1S/C12H18S/c1-5-12(3,4)13-11-8-6-10(2)7-9-11/h6-9H,5H2,1-4H3. The average molecular weight is 194 g/mol. The Hall–Kier alpha value is -0.430. The topological polar surface area (TPSA) is 0 Å². The van der Waals surface area contributed by atoms with E-state index >= 15 is 0 Å². The van der Waals surface area contributed by atoms with Crippen LogP contribution in [0.5, 0.6) is 0 Å². The smallest absolute Gasteiger partial charge is 0.0148 e. The van der Waals surface area contributed by atoms with E-state index in [1.54, 1.807) is 0 Å². The van der Waals surface area contributed by atoms with Gasteiger partial charge in [0, 0.05) is 9.64 Å². The molecule has 0 amide bonds. The third-order valence-corrected chi connectivity index (χ3v) is 3.62. The molecule has 0 saturated carbocycles. The molecule has 1 rings (SSSR count). The molecule has 0 aliphatic rings. The Bertz CT molecular complexity index is 259. The second-order valence-electron chi connectivity index (χ2n) is 4.03. The van der Waals surface area contributed by atoms with Crippen LogP contribution in [0.25, 0.3) is 0 Å². The van der Waals surface area contributed by atoms with Gasteiger partial charge in [-0.2, -0.15) is 0 Å². The summed E-state index contributed by atoms with van der Waals surface area (Å²) in [5.41, 5.74) is 1.33. The van der Waals surface area contributed by atoms with Crippen LogP contribution in [-0.2, 0) is 0 Å². The first-order chi connectivity index (χ1) is 6.03. The molecule has 0 spiro atoms. The maximum Gasteiger partial charge on any atom is 0.0148 e. The van der Waals surface area contributed by atoms with Gasteiger partial charge in [0.2, 0.25) is 0 Å². The number of rotatable bonds is 3. The van der Waals surface area contributed by atoms with E-state index < -0.39 is 0 Å². The van der Waals surface area contributed by atoms with Gasteiger partial charge in [0.1, 0.15) is 0 Å². The van der Waals surface area contributed by atoms with Gasteiger partial charge in [0.25, 0.3) is 0 Å². The maximum absolute atomic E-state index is 2.29. The summed E-state index contributed by atoms with van der Waals surface area (Å²) in [5, 5.41) is 0. The first-order valence-corrected chi connectivity index (χ1v) is 5.61. The van der Waals surface area contributed by atoms with Crippen LogP contribution in [0.1, 0.15) is 32.8 Å². The molecule has 0 unspecified atom stereocenters. The Morgan fingerprint density at radius 3 is 2.15 bits per heavy atom. The average Bonchev–Trinajstić information content (AvgIpc) is 2.09. The van der Waals surface area contributed by atoms with E-state index in [4.69, 9.17) is 0 Å². The first kappa shape index (κ1) is 10.6. The predicted molar refractivity (Wildman–Crippen MR) is 61.4 cm³/mol. The lowest BCUT2D eigenvalue weighted by atomic mass is 10.1. The number of hydrogen-bond acceptors (Lipinski definition) is 1. The second kappa shape index (κ2) is 4.19. The summed E-state index contributed by atoms with van der Waals surface area (Å²) < 4.78 is 0.356. The molecule has 0 nitrogen and oxygen atoms in total. The molecule has 1 heteroatoms. The van der Waals surface area contributed by atoms with E-state index in [2.05, 4.69) is 52.0 Å². The van der Waals surface area contributed by atoms with Crippen LogP contribution in [0.15, 0.2) is 29.2 Å². The van der Waals surface area contributed by atoms with Gasteiger partial charge in [-0.05, 0) is 25.5 Å². The van der Waals surface area contributed by atoms with Crippen molar-refractivity contribution in [1.82, 2.24) is 0 Å². The van der Waals surface area contributed by atoms with Gasteiger partial charge < -0.3 is 0 Å². The molecular weight excluding hydrogens is 176 g/mol. The third kappa shape index (κ3) is 3.43. The second-order valence-corrected chi connectivity index (χ2v) is 5.81. The quantitative estimate of drug-likeness (QED) is 0.647. The predicted octanol–water partition coefficient (Wildman–Crippen LogP) is 4.28. The summed E-state index contributed by atoms with van der Waals surface area (Å²) in [6.45, 7) is 8.94. The van der Waals surface area contributed by atoms with Crippen molar-refractivity contribution in [2.75, 3.05) is 0 Å². The normalized spacial score (nSPS) is 11.7. The molecule has 0 N–H and O–H groups in total. The minimum Gasteiger partial charge on any atom is -0.120 e. The zero-order valence-corrected chi connectivity index (χ0v) is 9.74. The summed E-state index contributed by atoms with van der Waals surface area (Å²) >= 11 is 1.95. The highest BCUT2D eigenvalue weighted by Gasteiger charge is 2.15. The van der Waals surface area contributed by atoms with Crippen LogP contribution in [0, 0.1) is 6.92 Å². The summed E-state index contributed by atoms with van der Waals surface area (Å²) in [4.78, 5) is 1.37. The van der Waals surface area contributed by atoms with Gasteiger partial charge >= 0.3 is 0 Å². The van der Waals surface area contributed by atoms with Gasteiger partial charge in [-0.25, -0.2) is 0 Å². The van der Waals surface area contributed by atoms with E-state index in [1.807, 2.05) is 11.8 Å². The zero-order valence-electron chi connectivity index (χ0n) is 8.92. The molecule has 0 aliphatic carbocycles. The summed E-state index contributed by atoms with van der Waals surface area (Å²) in [6.07, 6.45) is 1.20. The molecule has 0 aliphatic heterocycles. The molecule has 0 saturated heterocycles. The van der Waals surface area contributed by atoms with E-state index in [0.29, 0.717) is 4.75 Å². The maximum atomic E-state index is 2.29. The van der Waals surface area contributed by atoms with Crippen molar-refractivity contribution >= 4 is 11.8 Å². The minimum atomic E-state index is 0.356. The van der Waals surface area contributed by atoms with Crippen molar-refractivity contribution in [2.24, 2.45) is 0 Å². The van der Waals surface area contributed by atoms with E-state index in [-0.39, 0.29) is 0 Å². The summed E-state index contributed by atoms with van der Waals surface area (Å²) in [7, 11) is 0. The molecule has 0 bridgehead atoms. The Kier molecular flexibility index (Phi) is 3.43.